The SMILES string of the molecule is CCC(C)C(=O)OC1CC(N=O)C=C2C=CC(C)C(CCC3CC(N=O)CC(=O)O3)C21. The van der Waals surface area contributed by atoms with Crippen LogP contribution in [0.5, 0.6) is 0 Å². The standard InChI is InChI=1S/C23H32N2O6/c1-4-13(2)23(27)31-20-11-16(24-28)9-15-6-5-14(3)19(22(15)20)8-7-18-10-17(25-29)12-21(26)30-18/h5-6,9,13-14,16-20,22H,4,7-8,10-12H2,1-3H3. The van der Waals surface area contributed by atoms with Gasteiger partial charge in [0.25, 0.3) is 0 Å². The van der Waals surface area contributed by atoms with Crippen LogP contribution in [-0.2, 0) is 19.1 Å². The molecule has 31 heavy (non-hydrogen) atoms. The molecule has 8 unspecified atom stereocenters. The van der Waals surface area contributed by atoms with Gasteiger partial charge in [-0.05, 0) is 36.7 Å². The van der Waals surface area contributed by atoms with Gasteiger partial charge >= 0.3 is 11.9 Å². The second kappa shape index (κ2) is 10.3. The summed E-state index contributed by atoms with van der Waals surface area (Å²) in [5, 5.41) is 6.24. The van der Waals surface area contributed by atoms with E-state index in [1.54, 1.807) is 0 Å². The molecule has 170 valence electrons. The van der Waals surface area contributed by atoms with Crippen molar-refractivity contribution in [1.82, 2.24) is 0 Å². The molecule has 3 rings (SSSR count). The summed E-state index contributed by atoms with van der Waals surface area (Å²) in [5.41, 5.74) is 0.981. The predicted molar refractivity (Wildman–Crippen MR) is 115 cm³/mol. The number of ether oxygens (including phenoxy) is 2. The number of carbonyl (C=O) groups excluding carboxylic acids is 2. The van der Waals surface area contributed by atoms with Gasteiger partial charge in [-0.15, -0.1) is 0 Å². The molecule has 8 atom stereocenters. The number of cyclic esters (lactones) is 1. The average Bonchev–Trinajstić information content (AvgIpc) is 2.77. The van der Waals surface area contributed by atoms with Crippen LogP contribution in [-0.4, -0.2) is 36.2 Å². The van der Waals surface area contributed by atoms with E-state index in [1.807, 2.05) is 26.0 Å². The van der Waals surface area contributed by atoms with Gasteiger partial charge in [-0.25, -0.2) is 0 Å². The number of nitrogens with zero attached hydrogens (tertiary/aromatic N) is 2. The van der Waals surface area contributed by atoms with E-state index < -0.39 is 18.2 Å². The molecule has 0 amide bonds. The van der Waals surface area contributed by atoms with Gasteiger partial charge in [0.1, 0.15) is 24.3 Å². The highest BCUT2D eigenvalue weighted by molar-refractivity contribution is 5.72. The summed E-state index contributed by atoms with van der Waals surface area (Å²) in [4.78, 5) is 46.5. The van der Waals surface area contributed by atoms with Gasteiger partial charge in [-0.2, -0.15) is 9.81 Å². The van der Waals surface area contributed by atoms with Gasteiger partial charge < -0.3 is 9.47 Å². The highest BCUT2D eigenvalue weighted by Gasteiger charge is 2.43. The van der Waals surface area contributed by atoms with Crippen LogP contribution in [0.15, 0.2) is 34.2 Å². The molecule has 3 aliphatic rings. The zero-order valence-electron chi connectivity index (χ0n) is 18.4. The highest BCUT2D eigenvalue weighted by atomic mass is 16.5. The molecule has 1 saturated heterocycles. The Kier molecular flexibility index (Phi) is 7.73. The number of esters is 2. The number of fused-ring (bicyclic) bond motifs is 1. The molecule has 8 heteroatoms. The number of hydrogen-bond acceptors (Lipinski definition) is 8. The lowest BCUT2D eigenvalue weighted by Gasteiger charge is -2.43. The minimum atomic E-state index is -0.524. The zero-order chi connectivity index (χ0) is 22.5. The maximum atomic E-state index is 12.5. The Morgan fingerprint density at radius 2 is 2.03 bits per heavy atom. The van der Waals surface area contributed by atoms with E-state index in [-0.39, 0.29) is 48.1 Å². The molecule has 0 spiro atoms. The van der Waals surface area contributed by atoms with Crippen molar-refractivity contribution in [3.05, 3.63) is 33.6 Å². The Morgan fingerprint density at radius 1 is 1.26 bits per heavy atom. The molecule has 2 aliphatic carbocycles. The molecule has 1 fully saturated rings. The fraction of sp³-hybridized carbons (Fsp3) is 0.739. The Balaban J connectivity index is 1.77. The lowest BCUT2D eigenvalue weighted by Crippen LogP contribution is -2.43. The number of rotatable bonds is 8. The predicted octanol–water partition coefficient (Wildman–Crippen LogP) is 4.47. The first kappa shape index (κ1) is 23.3. The fourth-order valence-corrected chi connectivity index (χ4v) is 4.99. The maximum Gasteiger partial charge on any atom is 0.308 e. The summed E-state index contributed by atoms with van der Waals surface area (Å²) in [6.45, 7) is 5.90. The van der Waals surface area contributed by atoms with E-state index in [0.29, 0.717) is 25.7 Å². The molecule has 0 radical (unpaired) electrons. The molecule has 0 bridgehead atoms. The third kappa shape index (κ3) is 5.46. The van der Waals surface area contributed by atoms with Crippen LogP contribution >= 0.6 is 0 Å². The van der Waals surface area contributed by atoms with Gasteiger partial charge in [0.05, 0.1) is 12.3 Å². The Labute approximate surface area is 182 Å². The number of nitroso groups, excluding NO2 is 2. The molecule has 8 nitrogen and oxygen atoms in total. The van der Waals surface area contributed by atoms with E-state index in [0.717, 1.165) is 12.0 Å². The molecule has 1 heterocycles. The Morgan fingerprint density at radius 3 is 2.71 bits per heavy atom. The van der Waals surface area contributed by atoms with Crippen LogP contribution in [0, 0.1) is 33.5 Å². The van der Waals surface area contributed by atoms with Crippen LogP contribution in [0.4, 0.5) is 0 Å². The third-order valence-electron chi connectivity index (χ3n) is 7.00. The smallest absolute Gasteiger partial charge is 0.308 e. The van der Waals surface area contributed by atoms with Gasteiger partial charge in [0.15, 0.2) is 0 Å². The topological polar surface area (TPSA) is 111 Å². The molecule has 1 aliphatic heterocycles. The highest BCUT2D eigenvalue weighted by Crippen LogP contribution is 2.44. The van der Waals surface area contributed by atoms with E-state index >= 15 is 0 Å². The van der Waals surface area contributed by atoms with Crippen LogP contribution in [0.3, 0.4) is 0 Å². The van der Waals surface area contributed by atoms with Crippen molar-refractivity contribution in [2.75, 3.05) is 0 Å². The zero-order valence-corrected chi connectivity index (χ0v) is 18.4. The maximum absolute atomic E-state index is 12.5. The lowest BCUT2D eigenvalue weighted by molar-refractivity contribution is -0.159. The van der Waals surface area contributed by atoms with Crippen molar-refractivity contribution in [2.45, 2.75) is 83.6 Å². The summed E-state index contributed by atoms with van der Waals surface area (Å²) in [6, 6.07) is -1.04. The normalized spacial score (nSPS) is 35.9. The van der Waals surface area contributed by atoms with Gasteiger partial charge in [-0.3, -0.25) is 9.59 Å². The van der Waals surface area contributed by atoms with Gasteiger partial charge in [0, 0.05) is 18.8 Å². The third-order valence-corrected chi connectivity index (χ3v) is 7.00. The van der Waals surface area contributed by atoms with Crippen molar-refractivity contribution in [3.8, 4) is 0 Å². The molecule has 0 N–H and O–H groups in total. The van der Waals surface area contributed by atoms with Crippen molar-refractivity contribution in [2.24, 2.45) is 34.0 Å². The van der Waals surface area contributed by atoms with Crippen LogP contribution < -0.4 is 0 Å². The van der Waals surface area contributed by atoms with Crippen molar-refractivity contribution in [3.63, 3.8) is 0 Å². The van der Waals surface area contributed by atoms with E-state index in [9.17, 15) is 19.4 Å². The molecular formula is C23H32N2O6. The fourth-order valence-electron chi connectivity index (χ4n) is 4.99. The van der Waals surface area contributed by atoms with E-state index in [2.05, 4.69) is 23.4 Å². The molecule has 0 aromatic rings. The molecule has 0 aromatic carbocycles. The van der Waals surface area contributed by atoms with Gasteiger partial charge in [-0.1, -0.05) is 49.4 Å². The lowest BCUT2D eigenvalue weighted by atomic mass is 9.66. The number of carbonyl (C=O) groups is 2. The first-order valence-electron chi connectivity index (χ1n) is 11.3. The Hall–Kier alpha value is -2.38. The van der Waals surface area contributed by atoms with Crippen LogP contribution in [0.2, 0.25) is 0 Å². The summed E-state index contributed by atoms with van der Waals surface area (Å²) < 4.78 is 11.4. The summed E-state index contributed by atoms with van der Waals surface area (Å²) in [6.07, 6.45) is 8.18. The monoisotopic (exact) mass is 432 g/mol. The number of allylic oxidation sites excluding steroid dienone is 2. The molecule has 0 saturated carbocycles. The molecule has 0 aromatic heterocycles. The summed E-state index contributed by atoms with van der Waals surface area (Å²) in [7, 11) is 0. The number of hydrogen-bond donors (Lipinski definition) is 0. The summed E-state index contributed by atoms with van der Waals surface area (Å²) in [5.74, 6) is -0.489. The quantitative estimate of drug-likeness (QED) is 0.413. The van der Waals surface area contributed by atoms with Crippen LogP contribution in [0.25, 0.3) is 0 Å². The van der Waals surface area contributed by atoms with Crippen molar-refractivity contribution in [1.29, 1.82) is 0 Å². The largest absolute Gasteiger partial charge is 0.462 e. The summed E-state index contributed by atoms with van der Waals surface area (Å²) >= 11 is 0. The first-order valence-corrected chi connectivity index (χ1v) is 11.3. The first-order chi connectivity index (χ1) is 14.9. The van der Waals surface area contributed by atoms with Crippen molar-refractivity contribution < 1.29 is 19.1 Å². The average molecular weight is 433 g/mol. The van der Waals surface area contributed by atoms with E-state index in [4.69, 9.17) is 9.47 Å². The molecular weight excluding hydrogens is 400 g/mol. The van der Waals surface area contributed by atoms with Crippen molar-refractivity contribution >= 4 is 11.9 Å². The minimum Gasteiger partial charge on any atom is -0.462 e. The van der Waals surface area contributed by atoms with E-state index in [1.165, 1.54) is 0 Å². The van der Waals surface area contributed by atoms with Crippen LogP contribution in [0.1, 0.15) is 59.3 Å². The van der Waals surface area contributed by atoms with Gasteiger partial charge in [0.2, 0.25) is 0 Å². The second-order valence-corrected chi connectivity index (χ2v) is 9.16. The minimum absolute atomic E-state index is 0.0368. The Bertz CT molecular complexity index is 763. The second-order valence-electron chi connectivity index (χ2n) is 9.16.